The van der Waals surface area contributed by atoms with Gasteiger partial charge in [-0.25, -0.2) is 4.98 Å². The summed E-state index contributed by atoms with van der Waals surface area (Å²) in [5.41, 5.74) is 0.907. The molecule has 94 valence electrons. The molecule has 0 unspecified atom stereocenters. The van der Waals surface area contributed by atoms with E-state index in [1.165, 1.54) is 0 Å². The Morgan fingerprint density at radius 2 is 2.00 bits per heavy atom. The molecule has 18 heavy (non-hydrogen) atoms. The van der Waals surface area contributed by atoms with Crippen LogP contribution in [0, 0.1) is 0 Å². The smallest absolute Gasteiger partial charge is 0.132 e. The fourth-order valence-electron chi connectivity index (χ4n) is 1.51. The molecule has 1 aromatic heterocycles. The molecule has 0 atom stereocenters. The minimum Gasteiger partial charge on any atom is -0.370 e. The van der Waals surface area contributed by atoms with Gasteiger partial charge in [0.25, 0.3) is 0 Å². The van der Waals surface area contributed by atoms with Gasteiger partial charge >= 0.3 is 0 Å². The van der Waals surface area contributed by atoms with Crippen molar-refractivity contribution in [1.29, 1.82) is 0 Å². The molecule has 0 aliphatic carbocycles. The summed E-state index contributed by atoms with van der Waals surface area (Å²) in [7, 11) is 0. The van der Waals surface area contributed by atoms with Crippen LogP contribution in [-0.4, -0.2) is 11.5 Å². The van der Waals surface area contributed by atoms with Gasteiger partial charge in [0.1, 0.15) is 11.6 Å². The van der Waals surface area contributed by atoms with Gasteiger partial charge < -0.3 is 10.6 Å². The Balaban J connectivity index is 2.17. The minimum absolute atomic E-state index is 0.669. The van der Waals surface area contributed by atoms with Gasteiger partial charge in [-0.1, -0.05) is 17.7 Å². The van der Waals surface area contributed by atoms with Crippen LogP contribution in [0.2, 0.25) is 5.02 Å². The lowest BCUT2D eigenvalue weighted by molar-refractivity contribution is 1.16. The Morgan fingerprint density at radius 1 is 1.22 bits per heavy atom. The van der Waals surface area contributed by atoms with E-state index in [4.69, 9.17) is 11.6 Å². The lowest BCUT2D eigenvalue weighted by Gasteiger charge is -2.08. The molecule has 2 N–H and O–H groups in total. The van der Waals surface area contributed by atoms with Gasteiger partial charge in [-0.15, -0.1) is 0 Å². The molecule has 0 saturated carbocycles. The molecule has 5 heteroatoms. The molecule has 0 aliphatic rings. The second-order valence-corrected chi connectivity index (χ2v) is 4.95. The Hall–Kier alpha value is -1.26. The summed E-state index contributed by atoms with van der Waals surface area (Å²) in [6, 6.07) is 11.5. The highest BCUT2D eigenvalue weighted by Crippen LogP contribution is 2.27. The maximum Gasteiger partial charge on any atom is 0.132 e. The first-order valence-corrected chi connectivity index (χ1v) is 6.79. The maximum atomic E-state index is 6.04. The molecule has 0 spiro atoms. The van der Waals surface area contributed by atoms with E-state index in [0.29, 0.717) is 5.02 Å². The van der Waals surface area contributed by atoms with E-state index in [1.807, 2.05) is 43.3 Å². The first-order chi connectivity index (χ1) is 8.69. The van der Waals surface area contributed by atoms with Gasteiger partial charge in [0, 0.05) is 16.7 Å². The molecule has 2 aromatic rings. The van der Waals surface area contributed by atoms with Gasteiger partial charge in [0.15, 0.2) is 0 Å². The van der Waals surface area contributed by atoms with Crippen molar-refractivity contribution in [2.45, 2.75) is 6.92 Å². The van der Waals surface area contributed by atoms with Crippen molar-refractivity contribution in [3.8, 4) is 0 Å². The highest BCUT2D eigenvalue weighted by Gasteiger charge is 2.01. The van der Waals surface area contributed by atoms with E-state index < -0.39 is 0 Å². The standard InChI is InChI=1S/C13H13BrClN3/c1-2-16-12-4-3-5-13(18-12)17-9-6-7-10(14)11(15)8-9/h3-8H,2H2,1H3,(H2,16,17,18). The topological polar surface area (TPSA) is 37.0 Å². The second-order valence-electron chi connectivity index (χ2n) is 3.69. The van der Waals surface area contributed by atoms with Crippen LogP contribution in [0.15, 0.2) is 40.9 Å². The third-order valence-corrected chi connectivity index (χ3v) is 3.53. The first kappa shape index (κ1) is 13.2. The largest absolute Gasteiger partial charge is 0.370 e. The molecule has 2 rings (SSSR count). The minimum atomic E-state index is 0.669. The molecular weight excluding hydrogens is 314 g/mol. The number of hydrogen-bond acceptors (Lipinski definition) is 3. The van der Waals surface area contributed by atoms with E-state index in [9.17, 15) is 0 Å². The highest BCUT2D eigenvalue weighted by atomic mass is 79.9. The number of nitrogens with zero attached hydrogens (tertiary/aromatic N) is 1. The molecule has 0 fully saturated rings. The number of nitrogens with one attached hydrogen (secondary N) is 2. The summed E-state index contributed by atoms with van der Waals surface area (Å²) in [6.07, 6.45) is 0. The third-order valence-electron chi connectivity index (χ3n) is 2.30. The molecule has 0 amide bonds. The predicted molar refractivity (Wildman–Crippen MR) is 80.8 cm³/mol. The van der Waals surface area contributed by atoms with Gasteiger partial charge in [0.05, 0.1) is 5.02 Å². The number of pyridine rings is 1. The van der Waals surface area contributed by atoms with Crippen LogP contribution >= 0.6 is 27.5 Å². The fourth-order valence-corrected chi connectivity index (χ4v) is 1.93. The van der Waals surface area contributed by atoms with Crippen LogP contribution in [0.1, 0.15) is 6.92 Å². The van der Waals surface area contributed by atoms with Crippen molar-refractivity contribution in [3.63, 3.8) is 0 Å². The van der Waals surface area contributed by atoms with E-state index >= 15 is 0 Å². The quantitative estimate of drug-likeness (QED) is 0.857. The SMILES string of the molecule is CCNc1cccc(Nc2ccc(Br)c(Cl)c2)n1. The average molecular weight is 327 g/mol. The maximum absolute atomic E-state index is 6.04. The molecule has 1 aromatic carbocycles. The van der Waals surface area contributed by atoms with Crippen molar-refractivity contribution in [1.82, 2.24) is 4.98 Å². The van der Waals surface area contributed by atoms with Gasteiger partial charge in [-0.2, -0.15) is 0 Å². The van der Waals surface area contributed by atoms with Crippen molar-refractivity contribution in [3.05, 3.63) is 45.9 Å². The molecular formula is C13H13BrClN3. The summed E-state index contributed by atoms with van der Waals surface area (Å²) < 4.78 is 0.879. The second kappa shape index (κ2) is 6.07. The number of benzene rings is 1. The molecule has 0 bridgehead atoms. The zero-order valence-corrected chi connectivity index (χ0v) is 12.2. The lowest BCUT2D eigenvalue weighted by atomic mass is 10.3. The van der Waals surface area contributed by atoms with Crippen LogP contribution in [0.5, 0.6) is 0 Å². The summed E-state index contributed by atoms with van der Waals surface area (Å²) in [5.74, 6) is 1.64. The van der Waals surface area contributed by atoms with Crippen molar-refractivity contribution < 1.29 is 0 Å². The summed E-state index contributed by atoms with van der Waals surface area (Å²) in [5, 5.41) is 7.05. The molecule has 0 aliphatic heterocycles. The normalized spacial score (nSPS) is 10.2. The molecule has 0 saturated heterocycles. The van der Waals surface area contributed by atoms with E-state index in [0.717, 1.165) is 28.3 Å². The van der Waals surface area contributed by atoms with Crippen LogP contribution in [0.4, 0.5) is 17.3 Å². The van der Waals surface area contributed by atoms with Crippen molar-refractivity contribution >= 4 is 44.9 Å². The van der Waals surface area contributed by atoms with E-state index in [1.54, 1.807) is 0 Å². The van der Waals surface area contributed by atoms with Crippen molar-refractivity contribution in [2.75, 3.05) is 17.2 Å². The van der Waals surface area contributed by atoms with Crippen LogP contribution in [0.3, 0.4) is 0 Å². The Labute approximate surface area is 120 Å². The summed E-state index contributed by atoms with van der Waals surface area (Å²) in [6.45, 7) is 2.89. The number of hydrogen-bond donors (Lipinski definition) is 2. The van der Waals surface area contributed by atoms with E-state index in [2.05, 4.69) is 31.5 Å². The molecule has 0 radical (unpaired) electrons. The third kappa shape index (κ3) is 3.37. The highest BCUT2D eigenvalue weighted by molar-refractivity contribution is 9.10. The molecule has 1 heterocycles. The number of rotatable bonds is 4. The van der Waals surface area contributed by atoms with Crippen molar-refractivity contribution in [2.24, 2.45) is 0 Å². The number of aromatic nitrogens is 1. The Kier molecular flexibility index (Phi) is 4.44. The Morgan fingerprint density at radius 3 is 2.72 bits per heavy atom. The number of anilines is 3. The summed E-state index contributed by atoms with van der Waals surface area (Å²) >= 11 is 9.40. The van der Waals surface area contributed by atoms with Gasteiger partial charge in [-0.05, 0) is 53.2 Å². The number of halogens is 2. The zero-order valence-electron chi connectivity index (χ0n) is 9.87. The van der Waals surface area contributed by atoms with Gasteiger partial charge in [-0.3, -0.25) is 0 Å². The zero-order chi connectivity index (χ0) is 13.0. The fraction of sp³-hybridized carbons (Fsp3) is 0.154. The summed E-state index contributed by atoms with van der Waals surface area (Å²) in [4.78, 5) is 4.43. The molecule has 3 nitrogen and oxygen atoms in total. The van der Waals surface area contributed by atoms with Gasteiger partial charge in [0.2, 0.25) is 0 Å². The monoisotopic (exact) mass is 325 g/mol. The van der Waals surface area contributed by atoms with Crippen LogP contribution in [-0.2, 0) is 0 Å². The van der Waals surface area contributed by atoms with Crippen LogP contribution in [0.25, 0.3) is 0 Å². The lowest BCUT2D eigenvalue weighted by Crippen LogP contribution is -2.01. The Bertz CT molecular complexity index is 546. The first-order valence-electron chi connectivity index (χ1n) is 5.62. The average Bonchev–Trinajstić information content (AvgIpc) is 2.35. The van der Waals surface area contributed by atoms with Crippen LogP contribution < -0.4 is 10.6 Å². The predicted octanol–water partition coefficient (Wildman–Crippen LogP) is 4.67. The van der Waals surface area contributed by atoms with E-state index in [-0.39, 0.29) is 0 Å².